The fraction of sp³-hybridized carbons (Fsp3) is 0.900. The summed E-state index contributed by atoms with van der Waals surface area (Å²) >= 11 is 0. The predicted octanol–water partition coefficient (Wildman–Crippen LogP) is 0.167. The van der Waals surface area contributed by atoms with E-state index in [0.29, 0.717) is 18.9 Å². The topological polar surface area (TPSA) is 72.3 Å². The van der Waals surface area contributed by atoms with Gasteiger partial charge in [-0.25, -0.2) is 0 Å². The zero-order chi connectivity index (χ0) is 11.1. The van der Waals surface area contributed by atoms with Gasteiger partial charge in [0.1, 0.15) is 0 Å². The smallest absolute Gasteiger partial charge is 0.219 e. The number of hydrogen-bond donors (Lipinski definition) is 2. The van der Waals surface area contributed by atoms with Crippen molar-refractivity contribution in [3.63, 3.8) is 0 Å². The van der Waals surface area contributed by atoms with Gasteiger partial charge in [-0.15, -0.1) is 0 Å². The minimum Gasteiger partial charge on any atom is -0.370 e. The molecule has 1 amide bonds. The van der Waals surface area contributed by atoms with Crippen LogP contribution in [0.3, 0.4) is 0 Å². The van der Waals surface area contributed by atoms with Gasteiger partial charge < -0.3 is 11.5 Å². The molecule has 4 nitrogen and oxygen atoms in total. The highest BCUT2D eigenvalue weighted by Crippen LogP contribution is 2.06. The van der Waals surface area contributed by atoms with Gasteiger partial charge in [-0.05, 0) is 12.5 Å². The molecule has 4 heteroatoms. The fourth-order valence-corrected chi connectivity index (χ4v) is 1.60. The molecular weight excluding hydrogens is 178 g/mol. The molecule has 0 spiro atoms. The third kappa shape index (κ3) is 5.19. The zero-order valence-corrected chi connectivity index (χ0v) is 9.49. The minimum atomic E-state index is -0.275. The van der Waals surface area contributed by atoms with E-state index in [1.165, 1.54) is 0 Å². The van der Waals surface area contributed by atoms with E-state index in [-0.39, 0.29) is 11.9 Å². The molecule has 0 radical (unpaired) electrons. The average Bonchev–Trinajstić information content (AvgIpc) is 2.10. The van der Waals surface area contributed by atoms with Crippen LogP contribution in [0.15, 0.2) is 0 Å². The molecule has 14 heavy (non-hydrogen) atoms. The number of rotatable bonds is 7. The summed E-state index contributed by atoms with van der Waals surface area (Å²) in [5.41, 5.74) is 10.8. The SMILES string of the molecule is CCN(CC(C)C)C(CN)CC(N)=O. The molecular formula is C10H23N3O. The number of primary amides is 1. The van der Waals surface area contributed by atoms with E-state index < -0.39 is 0 Å². The van der Waals surface area contributed by atoms with Crippen LogP contribution in [-0.4, -0.2) is 36.5 Å². The van der Waals surface area contributed by atoms with Gasteiger partial charge in [0.15, 0.2) is 0 Å². The number of hydrogen-bond acceptors (Lipinski definition) is 3. The molecule has 4 N–H and O–H groups in total. The van der Waals surface area contributed by atoms with E-state index in [0.717, 1.165) is 13.1 Å². The average molecular weight is 201 g/mol. The molecule has 0 bridgehead atoms. The second-order valence-corrected chi connectivity index (χ2v) is 4.04. The van der Waals surface area contributed by atoms with E-state index in [4.69, 9.17) is 11.5 Å². The van der Waals surface area contributed by atoms with Crippen molar-refractivity contribution >= 4 is 5.91 Å². The molecule has 0 saturated carbocycles. The molecule has 84 valence electrons. The molecule has 1 unspecified atom stereocenters. The maximum Gasteiger partial charge on any atom is 0.219 e. The molecule has 0 aliphatic heterocycles. The molecule has 1 atom stereocenters. The van der Waals surface area contributed by atoms with E-state index in [9.17, 15) is 4.79 Å². The Morgan fingerprint density at radius 3 is 2.29 bits per heavy atom. The predicted molar refractivity (Wildman–Crippen MR) is 58.7 cm³/mol. The molecule has 0 aromatic rings. The van der Waals surface area contributed by atoms with Crippen LogP contribution in [-0.2, 0) is 4.79 Å². The summed E-state index contributed by atoms with van der Waals surface area (Å²) in [5.74, 6) is 0.305. The van der Waals surface area contributed by atoms with Gasteiger partial charge in [0.2, 0.25) is 5.91 Å². The van der Waals surface area contributed by atoms with Crippen molar-refractivity contribution in [1.29, 1.82) is 0 Å². The quantitative estimate of drug-likeness (QED) is 0.616. The second-order valence-electron chi connectivity index (χ2n) is 4.04. The number of carbonyl (C=O) groups excluding carboxylic acids is 1. The molecule has 0 heterocycles. The summed E-state index contributed by atoms with van der Waals surface area (Å²) in [5, 5.41) is 0. The van der Waals surface area contributed by atoms with Gasteiger partial charge in [0.25, 0.3) is 0 Å². The van der Waals surface area contributed by atoms with E-state index in [2.05, 4.69) is 25.7 Å². The van der Waals surface area contributed by atoms with Crippen molar-refractivity contribution in [2.45, 2.75) is 33.2 Å². The summed E-state index contributed by atoms with van der Waals surface area (Å²) in [6.45, 7) is 8.75. The molecule has 0 saturated heterocycles. The first-order chi connectivity index (χ1) is 6.51. The molecule has 0 fully saturated rings. The lowest BCUT2D eigenvalue weighted by Crippen LogP contribution is -2.44. The van der Waals surface area contributed by atoms with Gasteiger partial charge in [0, 0.05) is 25.6 Å². The zero-order valence-electron chi connectivity index (χ0n) is 9.49. The van der Waals surface area contributed by atoms with Crippen molar-refractivity contribution in [2.24, 2.45) is 17.4 Å². The summed E-state index contributed by atoms with van der Waals surface area (Å²) in [7, 11) is 0. The lowest BCUT2D eigenvalue weighted by Gasteiger charge is -2.30. The van der Waals surface area contributed by atoms with Crippen LogP contribution in [0, 0.1) is 5.92 Å². The van der Waals surface area contributed by atoms with Crippen molar-refractivity contribution in [3.05, 3.63) is 0 Å². The Bertz CT molecular complexity index is 171. The van der Waals surface area contributed by atoms with Crippen molar-refractivity contribution in [1.82, 2.24) is 4.90 Å². The maximum atomic E-state index is 10.8. The van der Waals surface area contributed by atoms with E-state index in [1.54, 1.807) is 0 Å². The standard InChI is InChI=1S/C10H23N3O/c1-4-13(7-8(2)3)9(6-11)5-10(12)14/h8-9H,4-7,11H2,1-3H3,(H2,12,14). The Morgan fingerprint density at radius 1 is 1.43 bits per heavy atom. The highest BCUT2D eigenvalue weighted by Gasteiger charge is 2.18. The largest absolute Gasteiger partial charge is 0.370 e. The second kappa shape index (κ2) is 6.79. The molecule has 0 aliphatic rings. The number of amides is 1. The summed E-state index contributed by atoms with van der Waals surface area (Å²) in [4.78, 5) is 13.0. The van der Waals surface area contributed by atoms with Crippen molar-refractivity contribution < 1.29 is 4.79 Å². The van der Waals surface area contributed by atoms with Crippen LogP contribution >= 0.6 is 0 Å². The Labute approximate surface area is 86.6 Å². The Hall–Kier alpha value is -0.610. The number of carbonyl (C=O) groups is 1. The molecule has 0 rings (SSSR count). The maximum absolute atomic E-state index is 10.8. The van der Waals surface area contributed by atoms with Crippen LogP contribution < -0.4 is 11.5 Å². The van der Waals surface area contributed by atoms with Crippen LogP contribution in [0.1, 0.15) is 27.2 Å². The van der Waals surface area contributed by atoms with Gasteiger partial charge in [-0.3, -0.25) is 9.69 Å². The van der Waals surface area contributed by atoms with Crippen LogP contribution in [0.25, 0.3) is 0 Å². The minimum absolute atomic E-state index is 0.0971. The number of nitrogens with zero attached hydrogens (tertiary/aromatic N) is 1. The Kier molecular flexibility index (Phi) is 6.49. The van der Waals surface area contributed by atoms with Gasteiger partial charge in [0.05, 0.1) is 0 Å². The molecule has 0 aromatic heterocycles. The van der Waals surface area contributed by atoms with Crippen LogP contribution in [0.5, 0.6) is 0 Å². The summed E-state index contributed by atoms with van der Waals surface area (Å²) in [6, 6.07) is 0.0971. The Morgan fingerprint density at radius 2 is 2.00 bits per heavy atom. The van der Waals surface area contributed by atoms with Gasteiger partial charge in [-0.2, -0.15) is 0 Å². The number of likely N-dealkylation sites (N-methyl/N-ethyl adjacent to an activating group) is 1. The first-order valence-electron chi connectivity index (χ1n) is 5.23. The summed E-state index contributed by atoms with van der Waals surface area (Å²) in [6.07, 6.45) is 0.358. The van der Waals surface area contributed by atoms with Gasteiger partial charge in [-0.1, -0.05) is 20.8 Å². The highest BCUT2D eigenvalue weighted by molar-refractivity contribution is 5.74. The lowest BCUT2D eigenvalue weighted by atomic mass is 10.1. The van der Waals surface area contributed by atoms with E-state index in [1.807, 2.05) is 0 Å². The lowest BCUT2D eigenvalue weighted by molar-refractivity contribution is -0.119. The van der Waals surface area contributed by atoms with E-state index >= 15 is 0 Å². The third-order valence-corrected chi connectivity index (χ3v) is 2.23. The first-order valence-corrected chi connectivity index (χ1v) is 5.23. The Balaban J connectivity index is 4.21. The van der Waals surface area contributed by atoms with Crippen LogP contribution in [0.2, 0.25) is 0 Å². The summed E-state index contributed by atoms with van der Waals surface area (Å²) < 4.78 is 0. The van der Waals surface area contributed by atoms with Gasteiger partial charge >= 0.3 is 0 Å². The monoisotopic (exact) mass is 201 g/mol. The third-order valence-electron chi connectivity index (χ3n) is 2.23. The molecule has 0 aromatic carbocycles. The highest BCUT2D eigenvalue weighted by atomic mass is 16.1. The van der Waals surface area contributed by atoms with Crippen molar-refractivity contribution in [3.8, 4) is 0 Å². The fourth-order valence-electron chi connectivity index (χ4n) is 1.60. The van der Waals surface area contributed by atoms with Crippen molar-refractivity contribution in [2.75, 3.05) is 19.6 Å². The van der Waals surface area contributed by atoms with Crippen LogP contribution in [0.4, 0.5) is 0 Å². The normalized spacial score (nSPS) is 13.6. The molecule has 0 aliphatic carbocycles. The first kappa shape index (κ1) is 13.4. The number of nitrogens with two attached hydrogens (primary N) is 2.